The van der Waals surface area contributed by atoms with E-state index in [1.807, 2.05) is 48.8 Å². The van der Waals surface area contributed by atoms with Crippen LogP contribution in [-0.4, -0.2) is 92.8 Å². The number of fused-ring (bicyclic) bond motifs is 1. The van der Waals surface area contributed by atoms with Gasteiger partial charge in [-0.1, -0.05) is 0 Å². The van der Waals surface area contributed by atoms with E-state index in [-0.39, 0.29) is 25.0 Å². The van der Waals surface area contributed by atoms with Gasteiger partial charge in [-0.2, -0.15) is 15.5 Å². The average molecular weight is 536 g/mol. The Balaban J connectivity index is 1.22. The van der Waals surface area contributed by atoms with Gasteiger partial charge in [0.05, 0.1) is 38.6 Å². The summed E-state index contributed by atoms with van der Waals surface area (Å²) in [5, 5.41) is 18.2. The SMILES string of the molecule is COc1cc(-c2cnn(C3CCN(C(=O)C4(OC)CN(C(=O)OC(C)(C)C)C4)CC3)c2)cn2ncc(C#N)c12. The van der Waals surface area contributed by atoms with E-state index in [2.05, 4.69) is 16.3 Å². The molecule has 0 N–H and O–H groups in total. The van der Waals surface area contributed by atoms with Gasteiger partial charge < -0.3 is 24.0 Å². The molecular weight excluding hydrogens is 502 g/mol. The van der Waals surface area contributed by atoms with Gasteiger partial charge >= 0.3 is 6.09 Å². The first-order chi connectivity index (χ1) is 18.6. The van der Waals surface area contributed by atoms with Gasteiger partial charge in [0, 0.05) is 43.7 Å². The maximum atomic E-state index is 13.4. The number of hydrogen-bond acceptors (Lipinski definition) is 8. The molecule has 2 fully saturated rings. The summed E-state index contributed by atoms with van der Waals surface area (Å²) in [7, 11) is 3.08. The summed E-state index contributed by atoms with van der Waals surface area (Å²) in [6, 6.07) is 4.16. The minimum absolute atomic E-state index is 0.0965. The van der Waals surface area contributed by atoms with Crippen molar-refractivity contribution < 1.29 is 23.8 Å². The van der Waals surface area contributed by atoms with Gasteiger partial charge in [0.15, 0.2) is 5.60 Å². The fourth-order valence-electron chi connectivity index (χ4n) is 5.17. The second-order valence-electron chi connectivity index (χ2n) is 11.0. The van der Waals surface area contributed by atoms with Crippen LogP contribution in [0.25, 0.3) is 16.6 Å². The van der Waals surface area contributed by atoms with E-state index in [0.29, 0.717) is 29.9 Å². The van der Waals surface area contributed by atoms with Crippen LogP contribution in [0.15, 0.2) is 30.9 Å². The molecule has 2 amide bonds. The molecule has 39 heavy (non-hydrogen) atoms. The van der Waals surface area contributed by atoms with E-state index >= 15 is 0 Å². The number of likely N-dealkylation sites (tertiary alicyclic amines) is 2. The molecule has 0 aliphatic carbocycles. The molecule has 0 unspecified atom stereocenters. The lowest BCUT2D eigenvalue weighted by atomic mass is 9.91. The van der Waals surface area contributed by atoms with Crippen LogP contribution < -0.4 is 4.74 Å². The fraction of sp³-hybridized carbons (Fsp3) is 0.519. The zero-order valence-electron chi connectivity index (χ0n) is 22.9. The number of aromatic nitrogens is 4. The zero-order chi connectivity index (χ0) is 27.9. The molecule has 206 valence electrons. The molecule has 2 aliphatic heterocycles. The van der Waals surface area contributed by atoms with Gasteiger partial charge in [-0.3, -0.25) is 9.48 Å². The van der Waals surface area contributed by atoms with Gasteiger partial charge in [-0.05, 0) is 39.7 Å². The molecule has 0 bridgehead atoms. The number of amides is 2. The Morgan fingerprint density at radius 2 is 1.77 bits per heavy atom. The highest BCUT2D eigenvalue weighted by molar-refractivity contribution is 5.89. The third-order valence-electron chi connectivity index (χ3n) is 7.30. The van der Waals surface area contributed by atoms with E-state index in [1.54, 1.807) is 17.8 Å². The molecule has 0 saturated carbocycles. The standard InChI is InChI=1S/C27H33N7O5/c1-26(2,3)39-25(36)32-16-27(17-32,38-5)24(35)31-8-6-21(7-9-31)33-15-20(13-29-33)18-10-22(37-4)23-19(11-28)12-30-34(23)14-18/h10,12-15,21H,6-9,16-17H2,1-5H3. The molecule has 2 aliphatic rings. The predicted octanol–water partition coefficient (Wildman–Crippen LogP) is 2.88. The fourth-order valence-corrected chi connectivity index (χ4v) is 5.17. The van der Waals surface area contributed by atoms with E-state index in [0.717, 1.165) is 24.0 Å². The second kappa shape index (κ2) is 9.89. The first-order valence-electron chi connectivity index (χ1n) is 12.9. The van der Waals surface area contributed by atoms with E-state index in [4.69, 9.17) is 14.2 Å². The smallest absolute Gasteiger partial charge is 0.410 e. The van der Waals surface area contributed by atoms with Crippen molar-refractivity contribution in [1.29, 1.82) is 5.26 Å². The molecule has 0 atom stereocenters. The van der Waals surface area contributed by atoms with E-state index in [1.165, 1.54) is 18.2 Å². The Bertz CT molecular complexity index is 1430. The number of hydrogen-bond donors (Lipinski definition) is 0. The summed E-state index contributed by atoms with van der Waals surface area (Å²) in [5.74, 6) is 0.468. The molecule has 2 saturated heterocycles. The van der Waals surface area contributed by atoms with Crippen LogP contribution in [0.2, 0.25) is 0 Å². The number of nitrogens with zero attached hydrogens (tertiary/aromatic N) is 7. The Kier molecular flexibility index (Phi) is 6.72. The Hall–Kier alpha value is -4.11. The summed E-state index contributed by atoms with van der Waals surface area (Å²) >= 11 is 0. The molecule has 12 nitrogen and oxygen atoms in total. The van der Waals surface area contributed by atoms with Crippen LogP contribution in [0.4, 0.5) is 4.79 Å². The predicted molar refractivity (Wildman–Crippen MR) is 140 cm³/mol. The number of carbonyl (C=O) groups is 2. The van der Waals surface area contributed by atoms with Crippen LogP contribution in [-0.2, 0) is 14.3 Å². The molecule has 3 aromatic heterocycles. The lowest BCUT2D eigenvalue weighted by Crippen LogP contribution is -2.71. The topological polar surface area (TPSA) is 127 Å². The van der Waals surface area contributed by atoms with Crippen molar-refractivity contribution in [3.63, 3.8) is 0 Å². The Morgan fingerprint density at radius 3 is 2.38 bits per heavy atom. The highest BCUT2D eigenvalue weighted by Gasteiger charge is 2.54. The second-order valence-corrected chi connectivity index (χ2v) is 11.0. The molecule has 3 aromatic rings. The minimum Gasteiger partial charge on any atom is -0.494 e. The van der Waals surface area contributed by atoms with Crippen LogP contribution >= 0.6 is 0 Å². The van der Waals surface area contributed by atoms with Crippen molar-refractivity contribution in [2.24, 2.45) is 0 Å². The lowest BCUT2D eigenvalue weighted by molar-refractivity contribution is -0.176. The van der Waals surface area contributed by atoms with Gasteiger partial charge in [0.2, 0.25) is 0 Å². The van der Waals surface area contributed by atoms with Crippen molar-refractivity contribution in [3.8, 4) is 22.9 Å². The van der Waals surface area contributed by atoms with Gasteiger partial charge in [0.1, 0.15) is 28.5 Å². The maximum absolute atomic E-state index is 13.4. The number of methoxy groups -OCH3 is 2. The summed E-state index contributed by atoms with van der Waals surface area (Å²) in [5.41, 5.74) is 1.22. The average Bonchev–Trinajstić information content (AvgIpc) is 3.54. The minimum atomic E-state index is -1.03. The number of rotatable bonds is 5. The molecular formula is C27H33N7O5. The van der Waals surface area contributed by atoms with Gasteiger partial charge in [-0.15, -0.1) is 0 Å². The number of nitriles is 1. The molecule has 0 spiro atoms. The number of pyridine rings is 1. The van der Waals surface area contributed by atoms with E-state index < -0.39 is 17.3 Å². The third-order valence-corrected chi connectivity index (χ3v) is 7.30. The monoisotopic (exact) mass is 535 g/mol. The summed E-state index contributed by atoms with van der Waals surface area (Å²) in [6.07, 6.45) is 8.21. The molecule has 5 heterocycles. The first-order valence-corrected chi connectivity index (χ1v) is 12.9. The van der Waals surface area contributed by atoms with Crippen molar-refractivity contribution in [3.05, 3.63) is 36.4 Å². The van der Waals surface area contributed by atoms with Crippen molar-refractivity contribution in [2.45, 2.75) is 50.9 Å². The lowest BCUT2D eigenvalue weighted by Gasteiger charge is -2.49. The first kappa shape index (κ1) is 26.5. The van der Waals surface area contributed by atoms with Gasteiger partial charge in [0.25, 0.3) is 5.91 Å². The van der Waals surface area contributed by atoms with Crippen LogP contribution in [0, 0.1) is 11.3 Å². The summed E-state index contributed by atoms with van der Waals surface area (Å²) < 4.78 is 20.2. The molecule has 0 aromatic carbocycles. The van der Waals surface area contributed by atoms with Crippen molar-refractivity contribution in [1.82, 2.24) is 29.2 Å². The zero-order valence-corrected chi connectivity index (χ0v) is 22.9. The molecule has 5 rings (SSSR count). The van der Waals surface area contributed by atoms with Crippen LogP contribution in [0.3, 0.4) is 0 Å². The highest BCUT2D eigenvalue weighted by atomic mass is 16.6. The Morgan fingerprint density at radius 1 is 1.05 bits per heavy atom. The number of piperidine rings is 1. The number of ether oxygens (including phenoxy) is 3. The van der Waals surface area contributed by atoms with Gasteiger partial charge in [-0.25, -0.2) is 9.31 Å². The third kappa shape index (κ3) is 4.90. The van der Waals surface area contributed by atoms with Crippen molar-refractivity contribution >= 4 is 17.5 Å². The van der Waals surface area contributed by atoms with Crippen LogP contribution in [0.5, 0.6) is 5.75 Å². The quantitative estimate of drug-likeness (QED) is 0.488. The maximum Gasteiger partial charge on any atom is 0.410 e. The normalized spacial score (nSPS) is 17.5. The van der Waals surface area contributed by atoms with Crippen LogP contribution in [0.1, 0.15) is 45.2 Å². The Labute approximate surface area is 226 Å². The van der Waals surface area contributed by atoms with E-state index in [9.17, 15) is 14.9 Å². The number of carbonyl (C=O) groups excluding carboxylic acids is 2. The van der Waals surface area contributed by atoms with Crippen molar-refractivity contribution in [2.75, 3.05) is 40.4 Å². The summed E-state index contributed by atoms with van der Waals surface area (Å²) in [6.45, 7) is 6.94. The summed E-state index contributed by atoms with van der Waals surface area (Å²) in [4.78, 5) is 29.0. The molecule has 12 heteroatoms. The molecule has 0 radical (unpaired) electrons. The largest absolute Gasteiger partial charge is 0.494 e. The highest BCUT2D eigenvalue weighted by Crippen LogP contribution is 2.33.